The summed E-state index contributed by atoms with van der Waals surface area (Å²) in [7, 11) is 0. The van der Waals surface area contributed by atoms with E-state index in [9.17, 15) is 0 Å². The molecule has 0 atom stereocenters. The van der Waals surface area contributed by atoms with E-state index < -0.39 is 0 Å². The standard InChI is InChI=1S/C34H31N5/c1-33(2,3)31-22-14-10-16-24-28(22)38(35-31)26-18-21(20-12-8-7-9-13-20)19-27-30(26)37(24)25-17-11-15-23-29(25)39(27)36-32(23)34(4,5)6/h7-19H,1-6H3. The Bertz CT molecular complexity index is 2040. The van der Waals surface area contributed by atoms with Crippen LogP contribution in [0.15, 0.2) is 78.9 Å². The van der Waals surface area contributed by atoms with Crippen molar-refractivity contribution in [2.75, 3.05) is 0 Å². The molecule has 0 spiro atoms. The van der Waals surface area contributed by atoms with Gasteiger partial charge < -0.3 is 4.57 Å². The number of rotatable bonds is 1. The summed E-state index contributed by atoms with van der Waals surface area (Å²) in [4.78, 5) is 0. The first-order valence-electron chi connectivity index (χ1n) is 13.7. The molecule has 5 nitrogen and oxygen atoms in total. The van der Waals surface area contributed by atoms with Crippen LogP contribution in [0.3, 0.4) is 0 Å². The normalized spacial score (nSPS) is 13.4. The van der Waals surface area contributed by atoms with Crippen molar-refractivity contribution in [3.63, 3.8) is 0 Å². The molecule has 4 heterocycles. The number of fused-ring (bicyclic) bond motifs is 4. The third-order valence-corrected chi connectivity index (χ3v) is 8.12. The first-order chi connectivity index (χ1) is 18.6. The fourth-order valence-electron chi connectivity index (χ4n) is 6.44. The van der Waals surface area contributed by atoms with Gasteiger partial charge in [-0.25, -0.2) is 9.03 Å². The highest BCUT2D eigenvalue weighted by molar-refractivity contribution is 6.08. The van der Waals surface area contributed by atoms with Gasteiger partial charge in [0.15, 0.2) is 0 Å². The Morgan fingerprint density at radius 3 is 1.46 bits per heavy atom. The van der Waals surface area contributed by atoms with E-state index in [1.165, 1.54) is 16.3 Å². The summed E-state index contributed by atoms with van der Waals surface area (Å²) >= 11 is 0. The second-order valence-corrected chi connectivity index (χ2v) is 12.9. The number of hydrogen-bond acceptors (Lipinski definition) is 2. The molecule has 4 aromatic carbocycles. The van der Waals surface area contributed by atoms with Gasteiger partial charge in [0.2, 0.25) is 0 Å². The molecule has 0 N–H and O–H groups in total. The Kier molecular flexibility index (Phi) is 4.15. The predicted octanol–water partition coefficient (Wildman–Crippen LogP) is 8.37. The molecule has 39 heavy (non-hydrogen) atoms. The minimum absolute atomic E-state index is 0.0913. The maximum Gasteiger partial charge on any atom is 0.0985 e. The van der Waals surface area contributed by atoms with Gasteiger partial charge in [-0.05, 0) is 35.4 Å². The van der Waals surface area contributed by atoms with Crippen LogP contribution in [0.1, 0.15) is 52.9 Å². The molecule has 0 aliphatic carbocycles. The molecule has 0 unspecified atom stereocenters. The second kappa shape index (κ2) is 7.17. The molecule has 0 radical (unpaired) electrons. The van der Waals surface area contributed by atoms with E-state index in [0.717, 1.165) is 55.7 Å². The minimum atomic E-state index is -0.0913. The molecule has 0 bridgehead atoms. The van der Waals surface area contributed by atoms with E-state index in [-0.39, 0.29) is 10.8 Å². The molecule has 2 aliphatic heterocycles. The van der Waals surface area contributed by atoms with Crippen molar-refractivity contribution in [2.24, 2.45) is 0 Å². The van der Waals surface area contributed by atoms with Gasteiger partial charge in [0, 0.05) is 21.6 Å². The average Bonchev–Trinajstić information content (AvgIpc) is 3.50. The smallest absolute Gasteiger partial charge is 0.0985 e. The predicted molar refractivity (Wildman–Crippen MR) is 161 cm³/mol. The fourth-order valence-corrected chi connectivity index (χ4v) is 6.44. The SMILES string of the molecule is CC(C)(C)c1nn2c3cc(-c4ccccc4)cc4c3-n(c3cccc1c32)c1cccc2c(C(C)(C)C)nn4c21. The van der Waals surface area contributed by atoms with Crippen LogP contribution in [0.2, 0.25) is 0 Å². The molecule has 192 valence electrons. The van der Waals surface area contributed by atoms with E-state index in [1.54, 1.807) is 0 Å². The topological polar surface area (TPSA) is 39.5 Å². The Morgan fingerprint density at radius 2 is 1.00 bits per heavy atom. The van der Waals surface area contributed by atoms with Crippen molar-refractivity contribution in [3.8, 4) is 16.8 Å². The van der Waals surface area contributed by atoms with Crippen LogP contribution in [0, 0.1) is 0 Å². The van der Waals surface area contributed by atoms with Gasteiger partial charge in [-0.1, -0.05) is 96.1 Å². The van der Waals surface area contributed by atoms with Crippen molar-refractivity contribution >= 4 is 43.9 Å². The molecule has 0 saturated heterocycles. The second-order valence-electron chi connectivity index (χ2n) is 12.9. The van der Waals surface area contributed by atoms with Gasteiger partial charge >= 0.3 is 0 Å². The van der Waals surface area contributed by atoms with E-state index in [0.29, 0.717) is 0 Å². The van der Waals surface area contributed by atoms with Crippen LogP contribution < -0.4 is 0 Å². The average molecular weight is 510 g/mol. The van der Waals surface area contributed by atoms with Crippen LogP contribution in [0.4, 0.5) is 0 Å². The molecule has 2 aromatic heterocycles. The zero-order valence-corrected chi connectivity index (χ0v) is 23.2. The first kappa shape index (κ1) is 22.6. The summed E-state index contributed by atoms with van der Waals surface area (Å²) < 4.78 is 6.82. The zero-order valence-electron chi connectivity index (χ0n) is 23.2. The van der Waals surface area contributed by atoms with Crippen LogP contribution in [-0.2, 0) is 10.8 Å². The highest BCUT2D eigenvalue weighted by atomic mass is 15.3. The molecule has 8 rings (SSSR count). The van der Waals surface area contributed by atoms with E-state index in [4.69, 9.17) is 10.2 Å². The Hall–Kier alpha value is -4.38. The number of aromatic nitrogens is 5. The van der Waals surface area contributed by atoms with Crippen molar-refractivity contribution in [1.82, 2.24) is 23.8 Å². The summed E-state index contributed by atoms with van der Waals surface area (Å²) in [5, 5.41) is 13.0. The third-order valence-electron chi connectivity index (χ3n) is 8.12. The zero-order chi connectivity index (χ0) is 26.8. The Balaban J connectivity index is 1.71. The quantitative estimate of drug-likeness (QED) is 0.165. The fraction of sp³-hybridized carbons (Fsp3) is 0.235. The van der Waals surface area contributed by atoms with Crippen molar-refractivity contribution < 1.29 is 0 Å². The summed E-state index contributed by atoms with van der Waals surface area (Å²) in [6.45, 7) is 13.5. The maximum atomic E-state index is 5.31. The van der Waals surface area contributed by atoms with E-state index in [1.807, 2.05) is 0 Å². The van der Waals surface area contributed by atoms with Gasteiger partial charge in [-0.2, -0.15) is 10.2 Å². The van der Waals surface area contributed by atoms with E-state index >= 15 is 0 Å². The van der Waals surface area contributed by atoms with Gasteiger partial charge in [0.1, 0.15) is 0 Å². The minimum Gasteiger partial charge on any atom is -0.302 e. The lowest BCUT2D eigenvalue weighted by atomic mass is 9.89. The lowest BCUT2D eigenvalue weighted by Gasteiger charge is -2.23. The number of nitrogens with zero attached hydrogens (tertiary/aromatic N) is 5. The van der Waals surface area contributed by atoms with Gasteiger partial charge in [-0.15, -0.1) is 0 Å². The van der Waals surface area contributed by atoms with Crippen molar-refractivity contribution in [1.29, 1.82) is 0 Å². The van der Waals surface area contributed by atoms with Crippen molar-refractivity contribution in [3.05, 3.63) is 90.3 Å². The molecule has 2 aliphatic rings. The Morgan fingerprint density at radius 1 is 0.513 bits per heavy atom. The van der Waals surface area contributed by atoms with Crippen LogP contribution in [-0.4, -0.2) is 23.8 Å². The summed E-state index contributed by atoms with van der Waals surface area (Å²) in [6, 6.07) is 28.5. The number of benzene rings is 4. The molecule has 0 amide bonds. The Labute approximate surface area is 226 Å². The summed E-state index contributed by atoms with van der Waals surface area (Å²) in [5.41, 5.74) is 12.3. The highest BCUT2D eigenvalue weighted by Crippen LogP contribution is 2.43. The highest BCUT2D eigenvalue weighted by Gasteiger charge is 2.30. The van der Waals surface area contributed by atoms with Crippen LogP contribution >= 0.6 is 0 Å². The number of hydrogen-bond donors (Lipinski definition) is 0. The van der Waals surface area contributed by atoms with Gasteiger partial charge in [-0.3, -0.25) is 0 Å². The van der Waals surface area contributed by atoms with Crippen LogP contribution in [0.25, 0.3) is 60.7 Å². The molecule has 0 fully saturated rings. The molecule has 0 saturated carbocycles. The lowest BCUT2D eigenvalue weighted by Crippen LogP contribution is -2.13. The first-order valence-corrected chi connectivity index (χ1v) is 13.7. The van der Waals surface area contributed by atoms with Gasteiger partial charge in [0.05, 0.1) is 50.2 Å². The van der Waals surface area contributed by atoms with Gasteiger partial charge in [0.25, 0.3) is 0 Å². The third kappa shape index (κ3) is 2.90. The monoisotopic (exact) mass is 509 g/mol. The number of para-hydroxylation sites is 2. The molecule has 5 heteroatoms. The summed E-state index contributed by atoms with van der Waals surface area (Å²) in [6.07, 6.45) is 0. The van der Waals surface area contributed by atoms with Crippen LogP contribution in [0.5, 0.6) is 0 Å². The largest absolute Gasteiger partial charge is 0.302 e. The lowest BCUT2D eigenvalue weighted by molar-refractivity contribution is 0.568. The van der Waals surface area contributed by atoms with Crippen molar-refractivity contribution in [2.45, 2.75) is 52.4 Å². The maximum absolute atomic E-state index is 5.31. The summed E-state index contributed by atoms with van der Waals surface area (Å²) in [5.74, 6) is 0. The molecule has 6 aromatic rings. The van der Waals surface area contributed by atoms with E-state index in [2.05, 4.69) is 134 Å². The molecular formula is C34H31N5. The molecular weight excluding hydrogens is 478 g/mol.